The minimum atomic E-state index is -0.0479. The molecule has 0 fully saturated rings. The standard InChI is InChI=1S/C9H15N3/c1-7-11-5-4-8(12-7)9(2,3)6-10/h4-5H,6,10H2,1-3H3. The largest absolute Gasteiger partial charge is 0.330 e. The van der Waals surface area contributed by atoms with Gasteiger partial charge < -0.3 is 5.73 Å². The van der Waals surface area contributed by atoms with E-state index in [1.54, 1.807) is 6.20 Å². The van der Waals surface area contributed by atoms with Gasteiger partial charge in [0.15, 0.2) is 0 Å². The summed E-state index contributed by atoms with van der Waals surface area (Å²) in [6.07, 6.45) is 1.77. The molecule has 3 heteroatoms. The normalized spacial score (nSPS) is 11.7. The van der Waals surface area contributed by atoms with E-state index in [2.05, 4.69) is 23.8 Å². The van der Waals surface area contributed by atoms with Gasteiger partial charge in [0.2, 0.25) is 0 Å². The molecule has 0 amide bonds. The highest BCUT2D eigenvalue weighted by molar-refractivity contribution is 5.13. The predicted octanol–water partition coefficient (Wildman–Crippen LogP) is 1.02. The maximum Gasteiger partial charge on any atom is 0.125 e. The molecule has 0 aliphatic rings. The number of hydrogen-bond donors (Lipinski definition) is 1. The molecule has 0 bridgehead atoms. The Kier molecular flexibility index (Phi) is 2.43. The van der Waals surface area contributed by atoms with Crippen LogP contribution in [0, 0.1) is 6.92 Å². The lowest BCUT2D eigenvalue weighted by Crippen LogP contribution is -2.29. The molecule has 0 aromatic carbocycles. The molecule has 1 aromatic rings. The van der Waals surface area contributed by atoms with Gasteiger partial charge in [-0.15, -0.1) is 0 Å². The summed E-state index contributed by atoms with van der Waals surface area (Å²) in [4.78, 5) is 8.36. The lowest BCUT2D eigenvalue weighted by atomic mass is 9.89. The Balaban J connectivity index is 3.03. The molecule has 3 nitrogen and oxygen atoms in total. The van der Waals surface area contributed by atoms with Crippen LogP contribution in [0.2, 0.25) is 0 Å². The third-order valence-electron chi connectivity index (χ3n) is 1.98. The summed E-state index contributed by atoms with van der Waals surface area (Å²) in [7, 11) is 0. The maximum absolute atomic E-state index is 5.63. The Morgan fingerprint density at radius 2 is 2.17 bits per heavy atom. The zero-order chi connectivity index (χ0) is 9.19. The van der Waals surface area contributed by atoms with Gasteiger partial charge in [-0.1, -0.05) is 13.8 Å². The Hall–Kier alpha value is -0.960. The molecule has 12 heavy (non-hydrogen) atoms. The van der Waals surface area contributed by atoms with E-state index >= 15 is 0 Å². The van der Waals surface area contributed by atoms with Crippen molar-refractivity contribution >= 4 is 0 Å². The van der Waals surface area contributed by atoms with E-state index in [1.807, 2.05) is 13.0 Å². The van der Waals surface area contributed by atoms with Crippen LogP contribution in [0.1, 0.15) is 25.4 Å². The average Bonchev–Trinajstić information content (AvgIpc) is 2.05. The van der Waals surface area contributed by atoms with Gasteiger partial charge in [-0.25, -0.2) is 9.97 Å². The maximum atomic E-state index is 5.63. The van der Waals surface area contributed by atoms with Crippen LogP contribution in [0.15, 0.2) is 12.3 Å². The highest BCUT2D eigenvalue weighted by Crippen LogP contribution is 2.18. The van der Waals surface area contributed by atoms with Crippen LogP contribution in [0.4, 0.5) is 0 Å². The van der Waals surface area contributed by atoms with Crippen molar-refractivity contribution in [1.82, 2.24) is 9.97 Å². The summed E-state index contributed by atoms with van der Waals surface area (Å²) in [6, 6.07) is 1.92. The smallest absolute Gasteiger partial charge is 0.125 e. The van der Waals surface area contributed by atoms with Crippen molar-refractivity contribution in [3.8, 4) is 0 Å². The molecular formula is C9H15N3. The second kappa shape index (κ2) is 3.19. The number of nitrogens with zero attached hydrogens (tertiary/aromatic N) is 2. The van der Waals surface area contributed by atoms with E-state index < -0.39 is 0 Å². The number of aryl methyl sites for hydroxylation is 1. The molecule has 2 N–H and O–H groups in total. The van der Waals surface area contributed by atoms with Crippen molar-refractivity contribution in [3.63, 3.8) is 0 Å². The summed E-state index contributed by atoms with van der Waals surface area (Å²) in [5, 5.41) is 0. The predicted molar refractivity (Wildman–Crippen MR) is 48.8 cm³/mol. The molecule has 66 valence electrons. The second-order valence-corrected chi connectivity index (χ2v) is 3.58. The molecule has 0 saturated carbocycles. The first-order valence-corrected chi connectivity index (χ1v) is 4.06. The monoisotopic (exact) mass is 165 g/mol. The van der Waals surface area contributed by atoms with E-state index in [4.69, 9.17) is 5.73 Å². The van der Waals surface area contributed by atoms with E-state index in [0.717, 1.165) is 11.5 Å². The van der Waals surface area contributed by atoms with Gasteiger partial charge in [-0.3, -0.25) is 0 Å². The molecular weight excluding hydrogens is 150 g/mol. The summed E-state index contributed by atoms with van der Waals surface area (Å²) in [6.45, 7) is 6.64. The summed E-state index contributed by atoms with van der Waals surface area (Å²) in [5.41, 5.74) is 6.59. The van der Waals surface area contributed by atoms with Gasteiger partial charge in [-0.05, 0) is 13.0 Å². The van der Waals surface area contributed by atoms with Gasteiger partial charge in [-0.2, -0.15) is 0 Å². The van der Waals surface area contributed by atoms with Crippen LogP contribution >= 0.6 is 0 Å². The second-order valence-electron chi connectivity index (χ2n) is 3.58. The summed E-state index contributed by atoms with van der Waals surface area (Å²) < 4.78 is 0. The molecule has 0 aliphatic carbocycles. The number of hydrogen-bond acceptors (Lipinski definition) is 3. The Bertz CT molecular complexity index is 268. The van der Waals surface area contributed by atoms with E-state index in [1.165, 1.54) is 0 Å². The Labute approximate surface area is 73.0 Å². The lowest BCUT2D eigenvalue weighted by Gasteiger charge is -2.21. The number of nitrogens with two attached hydrogens (primary N) is 1. The van der Waals surface area contributed by atoms with Gasteiger partial charge in [0, 0.05) is 18.2 Å². The Morgan fingerprint density at radius 3 is 2.67 bits per heavy atom. The zero-order valence-corrected chi connectivity index (χ0v) is 7.83. The van der Waals surface area contributed by atoms with Crippen molar-refractivity contribution in [2.45, 2.75) is 26.2 Å². The molecule has 0 unspecified atom stereocenters. The zero-order valence-electron chi connectivity index (χ0n) is 7.83. The van der Waals surface area contributed by atoms with E-state index in [-0.39, 0.29) is 5.41 Å². The molecule has 0 aliphatic heterocycles. The first-order valence-electron chi connectivity index (χ1n) is 4.06. The lowest BCUT2D eigenvalue weighted by molar-refractivity contribution is 0.518. The number of rotatable bonds is 2. The van der Waals surface area contributed by atoms with Crippen LogP contribution in [-0.2, 0) is 5.41 Å². The molecule has 0 spiro atoms. The van der Waals surface area contributed by atoms with Crippen LogP contribution in [0.5, 0.6) is 0 Å². The first kappa shape index (κ1) is 9.13. The van der Waals surface area contributed by atoms with E-state index in [0.29, 0.717) is 6.54 Å². The third-order valence-corrected chi connectivity index (χ3v) is 1.98. The van der Waals surface area contributed by atoms with Gasteiger partial charge >= 0.3 is 0 Å². The van der Waals surface area contributed by atoms with Gasteiger partial charge in [0.25, 0.3) is 0 Å². The van der Waals surface area contributed by atoms with Gasteiger partial charge in [0.1, 0.15) is 5.82 Å². The minimum Gasteiger partial charge on any atom is -0.330 e. The molecule has 1 heterocycles. The topological polar surface area (TPSA) is 51.8 Å². The third kappa shape index (κ3) is 1.80. The van der Waals surface area contributed by atoms with Gasteiger partial charge in [0.05, 0.1) is 5.69 Å². The van der Waals surface area contributed by atoms with Crippen LogP contribution in [0.25, 0.3) is 0 Å². The van der Waals surface area contributed by atoms with Crippen LogP contribution in [-0.4, -0.2) is 16.5 Å². The highest BCUT2D eigenvalue weighted by Gasteiger charge is 2.19. The molecule has 0 atom stereocenters. The van der Waals surface area contributed by atoms with Crippen molar-refractivity contribution in [3.05, 3.63) is 23.8 Å². The average molecular weight is 165 g/mol. The highest BCUT2D eigenvalue weighted by atomic mass is 14.9. The molecule has 0 saturated heterocycles. The van der Waals surface area contributed by atoms with Crippen molar-refractivity contribution in [2.75, 3.05) is 6.54 Å². The number of aromatic nitrogens is 2. The summed E-state index contributed by atoms with van der Waals surface area (Å²) >= 11 is 0. The van der Waals surface area contributed by atoms with E-state index in [9.17, 15) is 0 Å². The minimum absolute atomic E-state index is 0.0479. The molecule has 0 radical (unpaired) electrons. The summed E-state index contributed by atoms with van der Waals surface area (Å²) in [5.74, 6) is 0.800. The van der Waals surface area contributed by atoms with Crippen LogP contribution in [0.3, 0.4) is 0 Å². The van der Waals surface area contributed by atoms with Crippen LogP contribution < -0.4 is 5.73 Å². The molecule has 1 aromatic heterocycles. The fourth-order valence-electron chi connectivity index (χ4n) is 0.938. The Morgan fingerprint density at radius 1 is 1.50 bits per heavy atom. The van der Waals surface area contributed by atoms with Crippen molar-refractivity contribution < 1.29 is 0 Å². The first-order chi connectivity index (χ1) is 5.56. The SMILES string of the molecule is Cc1nccc(C(C)(C)CN)n1. The fourth-order valence-corrected chi connectivity index (χ4v) is 0.938. The molecule has 1 rings (SSSR count). The van der Waals surface area contributed by atoms with Crippen molar-refractivity contribution in [1.29, 1.82) is 0 Å². The fraction of sp³-hybridized carbons (Fsp3) is 0.556. The quantitative estimate of drug-likeness (QED) is 0.711. The van der Waals surface area contributed by atoms with Crippen molar-refractivity contribution in [2.24, 2.45) is 5.73 Å².